The molecule has 0 bridgehead atoms. The summed E-state index contributed by atoms with van der Waals surface area (Å²) in [6, 6.07) is 14.9. The van der Waals surface area contributed by atoms with Crippen molar-refractivity contribution in [2.75, 3.05) is 36.8 Å². The number of urea groups is 1. The van der Waals surface area contributed by atoms with Gasteiger partial charge in [-0.3, -0.25) is 9.52 Å². The van der Waals surface area contributed by atoms with Crippen molar-refractivity contribution in [3.05, 3.63) is 83.9 Å². The van der Waals surface area contributed by atoms with Gasteiger partial charge in [-0.1, -0.05) is 31.2 Å². The van der Waals surface area contributed by atoms with E-state index in [2.05, 4.69) is 10.0 Å². The van der Waals surface area contributed by atoms with Crippen LogP contribution in [0.4, 0.5) is 29.3 Å². The van der Waals surface area contributed by atoms with Crippen LogP contribution in [-0.4, -0.2) is 74.2 Å². The quantitative estimate of drug-likeness (QED) is 0.324. The maximum atomic E-state index is 13.7. The molecule has 14 heteroatoms. The molecule has 3 N–H and O–H groups in total. The van der Waals surface area contributed by atoms with E-state index in [0.717, 1.165) is 24.3 Å². The van der Waals surface area contributed by atoms with Crippen LogP contribution in [0.3, 0.4) is 0 Å². The highest BCUT2D eigenvalue weighted by Gasteiger charge is 2.36. The number of fused-ring (bicyclic) bond motifs is 1. The SMILES string of the molecule is C[C@H]1CN([C@@H](C)CO)C(=O)c2cccc(NS(=O)(=O)c3ccccc3)c2O[C@@H]1CN(C)C(=O)Nc1ccc(C(F)(F)F)cc1. The lowest BCUT2D eigenvalue weighted by Crippen LogP contribution is -2.50. The minimum absolute atomic E-state index is 0.00473. The molecule has 0 unspecified atom stereocenters. The second-order valence-electron chi connectivity index (χ2n) is 10.6. The van der Waals surface area contributed by atoms with Gasteiger partial charge in [-0.15, -0.1) is 0 Å². The van der Waals surface area contributed by atoms with Crippen LogP contribution in [0.15, 0.2) is 77.7 Å². The molecule has 44 heavy (non-hydrogen) atoms. The average molecular weight is 635 g/mol. The number of halogens is 3. The van der Waals surface area contributed by atoms with Crippen LogP contribution in [0, 0.1) is 5.92 Å². The van der Waals surface area contributed by atoms with Crippen LogP contribution in [-0.2, 0) is 16.2 Å². The minimum Gasteiger partial charge on any atom is -0.485 e. The number of nitrogens with one attached hydrogen (secondary N) is 2. The summed E-state index contributed by atoms with van der Waals surface area (Å²) >= 11 is 0. The topological polar surface area (TPSA) is 128 Å². The number of aliphatic hydroxyl groups excluding tert-OH is 1. The Labute approximate surface area is 253 Å². The first kappa shape index (κ1) is 32.6. The monoisotopic (exact) mass is 634 g/mol. The first-order valence-corrected chi connectivity index (χ1v) is 15.2. The summed E-state index contributed by atoms with van der Waals surface area (Å²) in [6.07, 6.45) is -5.29. The molecule has 3 aromatic rings. The molecular weight excluding hydrogens is 601 g/mol. The van der Waals surface area contributed by atoms with Crippen molar-refractivity contribution in [3.63, 3.8) is 0 Å². The van der Waals surface area contributed by atoms with Gasteiger partial charge >= 0.3 is 12.2 Å². The summed E-state index contributed by atoms with van der Waals surface area (Å²) in [4.78, 5) is 29.4. The number of likely N-dealkylation sites (N-methyl/N-ethyl adjacent to an activating group) is 1. The molecule has 1 aliphatic rings. The number of alkyl halides is 3. The number of nitrogens with zero attached hydrogens (tertiary/aromatic N) is 2. The molecule has 0 saturated heterocycles. The predicted molar refractivity (Wildman–Crippen MR) is 158 cm³/mol. The Hall–Kier alpha value is -4.30. The number of amides is 3. The first-order valence-electron chi connectivity index (χ1n) is 13.7. The van der Waals surface area contributed by atoms with Gasteiger partial charge in [-0.05, 0) is 55.5 Å². The average Bonchev–Trinajstić information content (AvgIpc) is 2.98. The number of carbonyl (C=O) groups excluding carboxylic acids is 2. The van der Waals surface area contributed by atoms with E-state index in [1.807, 2.05) is 0 Å². The molecule has 0 fully saturated rings. The molecule has 236 valence electrons. The zero-order chi connectivity index (χ0) is 32.2. The lowest BCUT2D eigenvalue weighted by Gasteiger charge is -2.38. The van der Waals surface area contributed by atoms with E-state index in [0.29, 0.717) is 0 Å². The van der Waals surface area contributed by atoms with Gasteiger partial charge in [-0.2, -0.15) is 13.2 Å². The largest absolute Gasteiger partial charge is 0.485 e. The summed E-state index contributed by atoms with van der Waals surface area (Å²) in [5.74, 6) is -0.928. The molecule has 0 saturated carbocycles. The Morgan fingerprint density at radius 1 is 1.09 bits per heavy atom. The third-order valence-electron chi connectivity index (χ3n) is 7.25. The summed E-state index contributed by atoms with van der Waals surface area (Å²) in [7, 11) is -2.60. The molecule has 0 radical (unpaired) electrons. The number of benzene rings is 3. The fraction of sp³-hybridized carbons (Fsp3) is 0.333. The second kappa shape index (κ2) is 13.1. The number of hydrogen-bond donors (Lipinski definition) is 3. The Morgan fingerprint density at radius 3 is 2.36 bits per heavy atom. The highest BCUT2D eigenvalue weighted by Crippen LogP contribution is 2.36. The van der Waals surface area contributed by atoms with Crippen molar-refractivity contribution in [1.29, 1.82) is 0 Å². The number of anilines is 2. The predicted octanol–water partition coefficient (Wildman–Crippen LogP) is 4.89. The Morgan fingerprint density at radius 2 is 1.75 bits per heavy atom. The van der Waals surface area contributed by atoms with E-state index in [1.165, 1.54) is 47.2 Å². The Balaban J connectivity index is 1.64. The third kappa shape index (κ3) is 7.42. The van der Waals surface area contributed by atoms with Gasteiger partial charge in [0.2, 0.25) is 0 Å². The lowest BCUT2D eigenvalue weighted by atomic mass is 9.99. The number of sulfonamides is 1. The van der Waals surface area contributed by atoms with Crippen molar-refractivity contribution in [3.8, 4) is 5.75 Å². The van der Waals surface area contributed by atoms with Crippen LogP contribution in [0.1, 0.15) is 29.8 Å². The molecular formula is C30H33F3N4O6S. The van der Waals surface area contributed by atoms with E-state index < -0.39 is 51.8 Å². The maximum absolute atomic E-state index is 13.7. The first-order chi connectivity index (χ1) is 20.7. The number of hydrogen-bond acceptors (Lipinski definition) is 6. The van der Waals surface area contributed by atoms with E-state index in [9.17, 15) is 36.3 Å². The summed E-state index contributed by atoms with van der Waals surface area (Å²) in [5.41, 5.74) is -0.633. The van der Waals surface area contributed by atoms with Gasteiger partial charge in [-0.25, -0.2) is 13.2 Å². The molecule has 10 nitrogen and oxygen atoms in total. The van der Waals surface area contributed by atoms with E-state index in [4.69, 9.17) is 4.74 Å². The summed E-state index contributed by atoms with van der Waals surface area (Å²) < 4.78 is 74.0. The molecule has 0 spiro atoms. The van der Waals surface area contributed by atoms with Crippen LogP contribution < -0.4 is 14.8 Å². The summed E-state index contributed by atoms with van der Waals surface area (Å²) in [5, 5.41) is 12.4. The van der Waals surface area contributed by atoms with Gasteiger partial charge in [0.15, 0.2) is 5.75 Å². The zero-order valence-electron chi connectivity index (χ0n) is 24.2. The zero-order valence-corrected chi connectivity index (χ0v) is 25.0. The standard InChI is InChI=1S/C30H33F3N4O6S/c1-19-16-37(20(2)18-38)28(39)24-10-7-11-25(35-44(41,42)23-8-5-4-6-9-23)27(24)43-26(19)17-36(3)29(40)34-22-14-12-21(13-15-22)30(31,32)33/h4-15,19-20,26,35,38H,16-18H2,1-3H3,(H,34,40)/t19-,20-,26+/m0/s1. The molecule has 3 amide bonds. The van der Waals surface area contributed by atoms with Crippen molar-refractivity contribution in [2.24, 2.45) is 5.92 Å². The van der Waals surface area contributed by atoms with Crippen LogP contribution in [0.25, 0.3) is 0 Å². The number of para-hydroxylation sites is 1. The van der Waals surface area contributed by atoms with Gasteiger partial charge in [0.1, 0.15) is 6.10 Å². The second-order valence-corrected chi connectivity index (χ2v) is 12.3. The molecule has 4 rings (SSSR count). The van der Waals surface area contributed by atoms with Gasteiger partial charge in [0.25, 0.3) is 15.9 Å². The fourth-order valence-corrected chi connectivity index (χ4v) is 5.74. The molecule has 1 aliphatic heterocycles. The van der Waals surface area contributed by atoms with E-state index in [1.54, 1.807) is 32.0 Å². The van der Waals surface area contributed by atoms with Crippen LogP contribution in [0.5, 0.6) is 5.75 Å². The lowest BCUT2D eigenvalue weighted by molar-refractivity contribution is -0.137. The number of rotatable bonds is 8. The minimum atomic E-state index is -4.52. The maximum Gasteiger partial charge on any atom is 0.416 e. The molecule has 0 aromatic heterocycles. The third-order valence-corrected chi connectivity index (χ3v) is 8.63. The van der Waals surface area contributed by atoms with Gasteiger partial charge in [0, 0.05) is 25.2 Å². The highest BCUT2D eigenvalue weighted by atomic mass is 32.2. The molecule has 3 atom stereocenters. The number of ether oxygens (including phenoxy) is 1. The smallest absolute Gasteiger partial charge is 0.416 e. The Bertz CT molecular complexity index is 1590. The molecule has 0 aliphatic carbocycles. The molecule has 3 aromatic carbocycles. The van der Waals surface area contributed by atoms with Crippen LogP contribution >= 0.6 is 0 Å². The highest BCUT2D eigenvalue weighted by molar-refractivity contribution is 7.92. The van der Waals surface area contributed by atoms with E-state index >= 15 is 0 Å². The normalized spacial score (nSPS) is 17.9. The Kier molecular flexibility index (Phi) is 9.74. The molecule has 1 heterocycles. The van der Waals surface area contributed by atoms with Gasteiger partial charge < -0.3 is 25.0 Å². The van der Waals surface area contributed by atoms with Crippen molar-refractivity contribution < 1.29 is 41.0 Å². The number of aliphatic hydroxyl groups is 1. The summed E-state index contributed by atoms with van der Waals surface area (Å²) in [6.45, 7) is 3.25. The number of carbonyl (C=O) groups is 2. The van der Waals surface area contributed by atoms with E-state index in [-0.39, 0.29) is 47.3 Å². The fourth-order valence-electron chi connectivity index (χ4n) is 4.66. The van der Waals surface area contributed by atoms with Crippen molar-refractivity contribution in [2.45, 2.75) is 37.1 Å². The van der Waals surface area contributed by atoms with Crippen LogP contribution in [0.2, 0.25) is 0 Å². The van der Waals surface area contributed by atoms with Crippen molar-refractivity contribution >= 4 is 33.3 Å². The van der Waals surface area contributed by atoms with Gasteiger partial charge in [0.05, 0.1) is 40.9 Å². The van der Waals surface area contributed by atoms with Crippen molar-refractivity contribution in [1.82, 2.24) is 9.80 Å².